The summed E-state index contributed by atoms with van der Waals surface area (Å²) in [6, 6.07) is 19.3. The van der Waals surface area contributed by atoms with Crippen molar-refractivity contribution < 1.29 is 14.3 Å². The number of amides is 1. The van der Waals surface area contributed by atoms with Gasteiger partial charge in [0.25, 0.3) is 5.91 Å². The molecule has 0 aliphatic rings. The minimum absolute atomic E-state index is 0.188. The summed E-state index contributed by atoms with van der Waals surface area (Å²) in [4.78, 5) is 16.6. The van der Waals surface area contributed by atoms with Gasteiger partial charge in [-0.2, -0.15) is 0 Å². The highest BCUT2D eigenvalue weighted by Gasteiger charge is 2.08. The number of methoxy groups -OCH3 is 2. The van der Waals surface area contributed by atoms with Crippen LogP contribution in [-0.2, 0) is 13.0 Å². The number of nitrogens with one attached hydrogen (secondary N) is 2. The minimum Gasteiger partial charge on any atom is -0.497 e. The number of anilines is 1. The van der Waals surface area contributed by atoms with E-state index in [-0.39, 0.29) is 5.91 Å². The van der Waals surface area contributed by atoms with E-state index in [0.29, 0.717) is 18.8 Å². The largest absolute Gasteiger partial charge is 0.497 e. The molecule has 0 aliphatic carbocycles. The van der Waals surface area contributed by atoms with E-state index >= 15 is 0 Å². The molecule has 29 heavy (non-hydrogen) atoms. The number of rotatable bonds is 9. The third kappa shape index (κ3) is 5.97. The highest BCUT2D eigenvalue weighted by Crippen LogP contribution is 2.14. The first-order valence-electron chi connectivity index (χ1n) is 9.42. The first-order valence-corrected chi connectivity index (χ1v) is 9.42. The lowest BCUT2D eigenvalue weighted by atomic mass is 10.1. The fourth-order valence-corrected chi connectivity index (χ4v) is 2.82. The van der Waals surface area contributed by atoms with Crippen LogP contribution in [0.1, 0.15) is 21.6 Å². The van der Waals surface area contributed by atoms with Crippen molar-refractivity contribution in [3.8, 4) is 11.5 Å². The van der Waals surface area contributed by atoms with Crippen LogP contribution >= 0.6 is 0 Å². The van der Waals surface area contributed by atoms with E-state index in [1.165, 1.54) is 0 Å². The van der Waals surface area contributed by atoms with Crippen LogP contribution in [0.5, 0.6) is 11.5 Å². The van der Waals surface area contributed by atoms with Gasteiger partial charge >= 0.3 is 0 Å². The molecule has 0 unspecified atom stereocenters. The van der Waals surface area contributed by atoms with Crippen molar-refractivity contribution in [2.75, 3.05) is 26.1 Å². The number of benzene rings is 2. The predicted molar refractivity (Wildman–Crippen MR) is 114 cm³/mol. The maximum Gasteiger partial charge on any atom is 0.269 e. The van der Waals surface area contributed by atoms with Crippen LogP contribution in [0.4, 0.5) is 5.69 Å². The summed E-state index contributed by atoms with van der Waals surface area (Å²) in [5, 5.41) is 6.23. The molecule has 1 amide bonds. The minimum atomic E-state index is -0.188. The molecule has 0 radical (unpaired) electrons. The molecule has 0 spiro atoms. The van der Waals surface area contributed by atoms with Crippen LogP contribution in [0, 0.1) is 0 Å². The summed E-state index contributed by atoms with van der Waals surface area (Å²) < 4.78 is 10.3. The summed E-state index contributed by atoms with van der Waals surface area (Å²) >= 11 is 0. The predicted octanol–water partition coefficient (Wildman–Crippen LogP) is 3.68. The van der Waals surface area contributed by atoms with Gasteiger partial charge in [-0.25, -0.2) is 0 Å². The molecule has 150 valence electrons. The normalized spacial score (nSPS) is 10.3. The molecule has 1 aromatic heterocycles. The van der Waals surface area contributed by atoms with Gasteiger partial charge in [-0.05, 0) is 53.9 Å². The van der Waals surface area contributed by atoms with Gasteiger partial charge in [-0.1, -0.05) is 24.3 Å². The van der Waals surface area contributed by atoms with Crippen molar-refractivity contribution in [1.82, 2.24) is 10.3 Å². The van der Waals surface area contributed by atoms with Crippen LogP contribution in [0.15, 0.2) is 66.9 Å². The molecule has 3 rings (SSSR count). The van der Waals surface area contributed by atoms with E-state index < -0.39 is 0 Å². The zero-order valence-electron chi connectivity index (χ0n) is 16.6. The molecule has 6 heteroatoms. The summed E-state index contributed by atoms with van der Waals surface area (Å²) in [6.07, 6.45) is 2.37. The third-order valence-electron chi connectivity index (χ3n) is 4.51. The Kier molecular flexibility index (Phi) is 7.05. The van der Waals surface area contributed by atoms with Gasteiger partial charge in [-0.15, -0.1) is 0 Å². The van der Waals surface area contributed by atoms with E-state index in [4.69, 9.17) is 9.47 Å². The molecule has 6 nitrogen and oxygen atoms in total. The number of hydrogen-bond donors (Lipinski definition) is 2. The van der Waals surface area contributed by atoms with Gasteiger partial charge in [0.1, 0.15) is 17.2 Å². The Balaban J connectivity index is 1.50. The number of nitrogens with zero attached hydrogens (tertiary/aromatic N) is 1. The van der Waals surface area contributed by atoms with E-state index in [0.717, 1.165) is 34.7 Å². The van der Waals surface area contributed by atoms with Crippen molar-refractivity contribution >= 4 is 11.6 Å². The molecule has 1 heterocycles. The van der Waals surface area contributed by atoms with E-state index in [1.807, 2.05) is 54.6 Å². The van der Waals surface area contributed by atoms with Crippen molar-refractivity contribution in [3.05, 3.63) is 83.7 Å². The van der Waals surface area contributed by atoms with Crippen LogP contribution in [0.25, 0.3) is 0 Å². The van der Waals surface area contributed by atoms with Crippen LogP contribution in [0.3, 0.4) is 0 Å². The molecule has 2 aromatic carbocycles. The molecular formula is C23H25N3O3. The van der Waals surface area contributed by atoms with Crippen molar-refractivity contribution in [2.24, 2.45) is 0 Å². The maximum absolute atomic E-state index is 12.4. The van der Waals surface area contributed by atoms with Crippen LogP contribution in [0.2, 0.25) is 0 Å². The van der Waals surface area contributed by atoms with E-state index in [2.05, 4.69) is 15.6 Å². The van der Waals surface area contributed by atoms with Gasteiger partial charge in [0.2, 0.25) is 0 Å². The summed E-state index contributed by atoms with van der Waals surface area (Å²) in [5.74, 6) is 1.46. The lowest BCUT2D eigenvalue weighted by Gasteiger charge is -2.09. The monoisotopic (exact) mass is 391 g/mol. The number of carbonyl (C=O) groups excluding carboxylic acids is 1. The smallest absolute Gasteiger partial charge is 0.269 e. The second kappa shape index (κ2) is 10.1. The van der Waals surface area contributed by atoms with Crippen molar-refractivity contribution in [2.45, 2.75) is 13.0 Å². The van der Waals surface area contributed by atoms with Gasteiger partial charge in [0.05, 0.1) is 14.2 Å². The van der Waals surface area contributed by atoms with E-state index in [1.54, 1.807) is 26.5 Å². The Morgan fingerprint density at radius 1 is 0.897 bits per heavy atom. The van der Waals surface area contributed by atoms with Gasteiger partial charge < -0.3 is 20.1 Å². The fraction of sp³-hybridized carbons (Fsp3) is 0.217. The number of aromatic nitrogens is 1. The standard InChI is InChI=1S/C23H25N3O3/c1-28-20-7-3-17(4-8-20)11-13-25-23(27)22-15-19(12-14-24-22)26-16-18-5-9-21(29-2)10-6-18/h3-10,12,14-15H,11,13,16H2,1-2H3,(H,24,26)(H,25,27). The van der Waals surface area contributed by atoms with Crippen molar-refractivity contribution in [3.63, 3.8) is 0 Å². The maximum atomic E-state index is 12.4. The Morgan fingerprint density at radius 3 is 2.14 bits per heavy atom. The Bertz CT molecular complexity index is 925. The molecule has 0 saturated heterocycles. The van der Waals surface area contributed by atoms with Gasteiger partial charge in [0.15, 0.2) is 0 Å². The van der Waals surface area contributed by atoms with Crippen LogP contribution in [-0.4, -0.2) is 31.7 Å². The molecule has 0 fully saturated rings. The molecular weight excluding hydrogens is 366 g/mol. The molecule has 0 bridgehead atoms. The average Bonchev–Trinajstić information content (AvgIpc) is 2.78. The second-order valence-corrected chi connectivity index (χ2v) is 6.49. The summed E-state index contributed by atoms with van der Waals surface area (Å²) in [6.45, 7) is 1.18. The Hall–Kier alpha value is -3.54. The SMILES string of the molecule is COc1ccc(CCNC(=O)c2cc(NCc3ccc(OC)cc3)ccn2)cc1. The fourth-order valence-electron chi connectivity index (χ4n) is 2.82. The topological polar surface area (TPSA) is 72.5 Å². The van der Waals surface area contributed by atoms with Crippen molar-refractivity contribution in [1.29, 1.82) is 0 Å². The molecule has 0 atom stereocenters. The second-order valence-electron chi connectivity index (χ2n) is 6.49. The third-order valence-corrected chi connectivity index (χ3v) is 4.51. The van der Waals surface area contributed by atoms with E-state index in [9.17, 15) is 4.79 Å². The molecule has 0 aliphatic heterocycles. The summed E-state index contributed by atoms with van der Waals surface area (Å²) in [7, 11) is 3.29. The molecule has 3 aromatic rings. The lowest BCUT2D eigenvalue weighted by Crippen LogP contribution is -2.26. The Morgan fingerprint density at radius 2 is 1.52 bits per heavy atom. The van der Waals surface area contributed by atoms with Gasteiger partial charge in [-0.3, -0.25) is 9.78 Å². The summed E-state index contributed by atoms with van der Waals surface area (Å²) in [5.41, 5.74) is 3.48. The van der Waals surface area contributed by atoms with Crippen LogP contribution < -0.4 is 20.1 Å². The molecule has 0 saturated carbocycles. The quantitative estimate of drug-likeness (QED) is 0.582. The first-order chi connectivity index (χ1) is 14.2. The zero-order chi connectivity index (χ0) is 20.5. The zero-order valence-corrected chi connectivity index (χ0v) is 16.6. The first kappa shape index (κ1) is 20.2. The van der Waals surface area contributed by atoms with Gasteiger partial charge in [0, 0.05) is 25.0 Å². The number of hydrogen-bond acceptors (Lipinski definition) is 5. The highest BCUT2D eigenvalue weighted by atomic mass is 16.5. The number of ether oxygens (including phenoxy) is 2. The number of carbonyl (C=O) groups is 1. The lowest BCUT2D eigenvalue weighted by molar-refractivity contribution is 0.0949. The Labute approximate surface area is 170 Å². The highest BCUT2D eigenvalue weighted by molar-refractivity contribution is 5.93. The molecule has 2 N–H and O–H groups in total. The number of pyridine rings is 1. The average molecular weight is 391 g/mol.